The van der Waals surface area contributed by atoms with Crippen LogP contribution in [-0.4, -0.2) is 33.5 Å². The van der Waals surface area contributed by atoms with Crippen molar-refractivity contribution >= 4 is 28.8 Å². The Hall–Kier alpha value is -2.55. The van der Waals surface area contributed by atoms with Gasteiger partial charge in [0, 0.05) is 30.9 Å². The van der Waals surface area contributed by atoms with Crippen molar-refractivity contribution in [3.05, 3.63) is 45.0 Å². The Labute approximate surface area is 124 Å². The van der Waals surface area contributed by atoms with E-state index in [2.05, 4.69) is 20.2 Å². The molecule has 0 aliphatic rings. The number of nitro benzene ring substituents is 1. The SMILES string of the molecule is Cc1nnsc1C(=O)NCCNc1ccc([N+](=O)[O-])cc1. The van der Waals surface area contributed by atoms with Crippen LogP contribution >= 0.6 is 11.5 Å². The van der Waals surface area contributed by atoms with E-state index in [9.17, 15) is 14.9 Å². The van der Waals surface area contributed by atoms with Gasteiger partial charge in [-0.25, -0.2) is 0 Å². The topological polar surface area (TPSA) is 110 Å². The molecular weight excluding hydrogens is 294 g/mol. The Balaban J connectivity index is 1.76. The fourth-order valence-electron chi connectivity index (χ4n) is 1.60. The van der Waals surface area contributed by atoms with Crippen molar-refractivity contribution in [3.8, 4) is 0 Å². The summed E-state index contributed by atoms with van der Waals surface area (Å²) in [6.07, 6.45) is 0. The molecule has 0 saturated carbocycles. The molecule has 1 aromatic carbocycles. The molecular formula is C12H13N5O3S. The lowest BCUT2D eigenvalue weighted by atomic mass is 10.3. The molecule has 0 aliphatic carbocycles. The molecule has 21 heavy (non-hydrogen) atoms. The van der Waals surface area contributed by atoms with Crippen LogP contribution in [0.4, 0.5) is 11.4 Å². The number of aryl methyl sites for hydroxylation is 1. The van der Waals surface area contributed by atoms with Crippen molar-refractivity contribution in [1.82, 2.24) is 14.9 Å². The van der Waals surface area contributed by atoms with Crippen molar-refractivity contribution in [3.63, 3.8) is 0 Å². The average Bonchev–Trinajstić information content (AvgIpc) is 2.90. The lowest BCUT2D eigenvalue weighted by molar-refractivity contribution is -0.384. The lowest BCUT2D eigenvalue weighted by Crippen LogP contribution is -2.28. The standard InChI is InChI=1S/C12H13N5O3S/c1-8-11(21-16-15-8)12(18)14-7-6-13-9-2-4-10(5-3-9)17(19)20/h2-5,13H,6-7H2,1H3,(H,14,18). The number of carbonyl (C=O) groups excluding carboxylic acids is 1. The smallest absolute Gasteiger partial charge is 0.269 e. The molecule has 0 radical (unpaired) electrons. The van der Waals surface area contributed by atoms with Crippen LogP contribution < -0.4 is 10.6 Å². The quantitative estimate of drug-likeness (QED) is 0.476. The summed E-state index contributed by atoms with van der Waals surface area (Å²) in [7, 11) is 0. The van der Waals surface area contributed by atoms with Gasteiger partial charge in [-0.15, -0.1) is 5.10 Å². The third-order valence-electron chi connectivity index (χ3n) is 2.68. The Bertz CT molecular complexity index is 641. The summed E-state index contributed by atoms with van der Waals surface area (Å²) < 4.78 is 3.70. The predicted molar refractivity (Wildman–Crippen MR) is 78.6 cm³/mol. The van der Waals surface area contributed by atoms with Gasteiger partial charge in [-0.3, -0.25) is 14.9 Å². The highest BCUT2D eigenvalue weighted by molar-refractivity contribution is 7.07. The monoisotopic (exact) mass is 307 g/mol. The fourth-order valence-corrected chi connectivity index (χ4v) is 2.18. The predicted octanol–water partition coefficient (Wildman–Crippen LogP) is 1.60. The van der Waals surface area contributed by atoms with Gasteiger partial charge in [0.15, 0.2) is 0 Å². The highest BCUT2D eigenvalue weighted by Crippen LogP contribution is 2.14. The van der Waals surface area contributed by atoms with Crippen molar-refractivity contribution < 1.29 is 9.72 Å². The number of benzene rings is 1. The maximum atomic E-state index is 11.8. The number of nitrogens with one attached hydrogen (secondary N) is 2. The molecule has 0 saturated heterocycles. The summed E-state index contributed by atoms with van der Waals surface area (Å²) in [4.78, 5) is 22.3. The third kappa shape index (κ3) is 3.96. The summed E-state index contributed by atoms with van der Waals surface area (Å²) in [5.41, 5.74) is 1.41. The van der Waals surface area contributed by atoms with Crippen LogP contribution in [0.15, 0.2) is 24.3 Å². The van der Waals surface area contributed by atoms with E-state index in [0.29, 0.717) is 23.7 Å². The molecule has 1 heterocycles. The van der Waals surface area contributed by atoms with E-state index < -0.39 is 4.92 Å². The van der Waals surface area contributed by atoms with Crippen molar-refractivity contribution in [2.24, 2.45) is 0 Å². The molecule has 1 amide bonds. The van der Waals surface area contributed by atoms with Crippen molar-refractivity contribution in [1.29, 1.82) is 0 Å². The normalized spacial score (nSPS) is 10.1. The van der Waals surface area contributed by atoms with E-state index in [4.69, 9.17) is 0 Å². The minimum atomic E-state index is -0.449. The first-order valence-electron chi connectivity index (χ1n) is 6.13. The van der Waals surface area contributed by atoms with Gasteiger partial charge in [0.25, 0.3) is 11.6 Å². The number of nitro groups is 1. The fraction of sp³-hybridized carbons (Fsp3) is 0.250. The largest absolute Gasteiger partial charge is 0.383 e. The number of anilines is 1. The number of hydrogen-bond acceptors (Lipinski definition) is 7. The van der Waals surface area contributed by atoms with Crippen molar-refractivity contribution in [2.45, 2.75) is 6.92 Å². The number of carbonyl (C=O) groups is 1. The molecule has 0 spiro atoms. The second-order valence-electron chi connectivity index (χ2n) is 4.17. The molecule has 1 aromatic heterocycles. The van der Waals surface area contributed by atoms with Gasteiger partial charge in [0.1, 0.15) is 4.88 Å². The van der Waals surface area contributed by atoms with Crippen LogP contribution in [0.25, 0.3) is 0 Å². The van der Waals surface area contributed by atoms with Crippen LogP contribution in [0.3, 0.4) is 0 Å². The highest BCUT2D eigenvalue weighted by Gasteiger charge is 2.11. The maximum Gasteiger partial charge on any atom is 0.269 e. The minimum absolute atomic E-state index is 0.0435. The van der Waals surface area contributed by atoms with E-state index in [-0.39, 0.29) is 11.6 Å². The molecule has 8 nitrogen and oxygen atoms in total. The molecule has 0 fully saturated rings. The average molecular weight is 307 g/mol. The van der Waals surface area contributed by atoms with Crippen molar-refractivity contribution in [2.75, 3.05) is 18.4 Å². The molecule has 2 N–H and O–H groups in total. The van der Waals surface area contributed by atoms with Crippen LogP contribution in [0.1, 0.15) is 15.4 Å². The Morgan fingerprint density at radius 1 is 1.33 bits per heavy atom. The number of rotatable bonds is 6. The number of amides is 1. The molecule has 9 heteroatoms. The van der Waals surface area contributed by atoms with Gasteiger partial charge < -0.3 is 10.6 Å². The first-order chi connectivity index (χ1) is 10.1. The van der Waals surface area contributed by atoms with Gasteiger partial charge in [-0.05, 0) is 30.6 Å². The number of non-ortho nitro benzene ring substituents is 1. The Morgan fingerprint density at radius 2 is 2.05 bits per heavy atom. The van der Waals surface area contributed by atoms with Gasteiger partial charge in [-0.2, -0.15) is 0 Å². The van der Waals surface area contributed by atoms with Gasteiger partial charge in [0.2, 0.25) is 0 Å². The summed E-state index contributed by atoms with van der Waals surface area (Å²) in [5, 5.41) is 20.1. The van der Waals surface area contributed by atoms with Gasteiger partial charge >= 0.3 is 0 Å². The second-order valence-corrected chi connectivity index (χ2v) is 4.93. The maximum absolute atomic E-state index is 11.8. The van der Waals surface area contributed by atoms with E-state index in [1.54, 1.807) is 19.1 Å². The Morgan fingerprint density at radius 3 is 2.62 bits per heavy atom. The zero-order chi connectivity index (χ0) is 15.2. The summed E-state index contributed by atoms with van der Waals surface area (Å²) in [5.74, 6) is -0.201. The molecule has 0 bridgehead atoms. The Kier molecular flexibility index (Phi) is 4.77. The molecule has 0 atom stereocenters. The van der Waals surface area contributed by atoms with E-state index >= 15 is 0 Å². The van der Waals surface area contributed by atoms with Crippen LogP contribution in [0, 0.1) is 17.0 Å². The second kappa shape index (κ2) is 6.75. The first kappa shape index (κ1) is 14.9. The summed E-state index contributed by atoms with van der Waals surface area (Å²) in [6, 6.07) is 6.09. The zero-order valence-corrected chi connectivity index (χ0v) is 12.0. The number of aromatic nitrogens is 2. The minimum Gasteiger partial charge on any atom is -0.383 e. The van der Waals surface area contributed by atoms with Crippen LogP contribution in [0.5, 0.6) is 0 Å². The number of hydrogen-bond donors (Lipinski definition) is 2. The molecule has 2 rings (SSSR count). The zero-order valence-electron chi connectivity index (χ0n) is 11.2. The highest BCUT2D eigenvalue weighted by atomic mass is 32.1. The summed E-state index contributed by atoms with van der Waals surface area (Å²) >= 11 is 1.06. The van der Waals surface area contributed by atoms with Gasteiger partial charge in [0.05, 0.1) is 10.6 Å². The molecule has 0 aliphatic heterocycles. The number of nitrogens with zero attached hydrogens (tertiary/aromatic N) is 3. The molecule has 0 unspecified atom stereocenters. The van der Waals surface area contributed by atoms with Gasteiger partial charge in [-0.1, -0.05) is 4.49 Å². The lowest BCUT2D eigenvalue weighted by Gasteiger charge is -2.07. The molecule has 2 aromatic rings. The van der Waals surface area contributed by atoms with E-state index in [1.165, 1.54) is 12.1 Å². The first-order valence-corrected chi connectivity index (χ1v) is 6.91. The van der Waals surface area contributed by atoms with E-state index in [1.807, 2.05) is 0 Å². The van der Waals surface area contributed by atoms with Crippen LogP contribution in [0.2, 0.25) is 0 Å². The van der Waals surface area contributed by atoms with E-state index in [0.717, 1.165) is 17.2 Å². The molecule has 110 valence electrons. The summed E-state index contributed by atoms with van der Waals surface area (Å²) in [6.45, 7) is 2.66. The van der Waals surface area contributed by atoms with Crippen LogP contribution in [-0.2, 0) is 0 Å². The third-order valence-corrected chi connectivity index (χ3v) is 3.50.